The Bertz CT molecular complexity index is 909. The highest BCUT2D eigenvalue weighted by Crippen LogP contribution is 2.29. The molecule has 1 aromatic carbocycles. The normalized spacial score (nSPS) is 10.4. The summed E-state index contributed by atoms with van der Waals surface area (Å²) in [4.78, 5) is 30.9. The molecule has 0 unspecified atom stereocenters. The number of nitrogens with zero attached hydrogens (tertiary/aromatic N) is 3. The number of hydrogen-bond donors (Lipinski definition) is 1. The smallest absolute Gasteiger partial charge is 0.276 e. The molecule has 0 aliphatic carbocycles. The van der Waals surface area contributed by atoms with E-state index in [1.54, 1.807) is 42.6 Å². The summed E-state index contributed by atoms with van der Waals surface area (Å²) in [7, 11) is 0. The Morgan fingerprint density at radius 3 is 2.83 bits per heavy atom. The molecule has 24 heavy (non-hydrogen) atoms. The van der Waals surface area contributed by atoms with Gasteiger partial charge >= 0.3 is 0 Å². The molecule has 1 N–H and O–H groups in total. The summed E-state index contributed by atoms with van der Waals surface area (Å²) in [6.45, 7) is 1.68. The summed E-state index contributed by atoms with van der Waals surface area (Å²) in [6.07, 6.45) is 1.54. The minimum atomic E-state index is -0.422. The number of anilines is 1. The zero-order chi connectivity index (χ0) is 17.1. The van der Waals surface area contributed by atoms with Crippen LogP contribution >= 0.6 is 11.3 Å². The lowest BCUT2D eigenvalue weighted by Crippen LogP contribution is -2.13. The number of thiazole rings is 1. The van der Waals surface area contributed by atoms with Gasteiger partial charge in [-0.2, -0.15) is 0 Å². The van der Waals surface area contributed by atoms with Crippen LogP contribution in [-0.4, -0.2) is 20.8 Å². The number of pyridine rings is 1. The van der Waals surface area contributed by atoms with Gasteiger partial charge in [0.2, 0.25) is 0 Å². The first kappa shape index (κ1) is 15.8. The Kier molecular flexibility index (Phi) is 4.30. The van der Waals surface area contributed by atoms with Gasteiger partial charge in [-0.25, -0.2) is 4.98 Å². The third-order valence-corrected chi connectivity index (χ3v) is 4.08. The zero-order valence-electron chi connectivity index (χ0n) is 12.6. The maximum atomic E-state index is 12.1. The molecule has 0 aliphatic rings. The van der Waals surface area contributed by atoms with Crippen LogP contribution in [0.25, 0.3) is 11.3 Å². The van der Waals surface area contributed by atoms with E-state index in [2.05, 4.69) is 15.3 Å². The Labute approximate surface area is 141 Å². The largest absolute Gasteiger partial charge is 0.296 e. The van der Waals surface area contributed by atoms with Crippen LogP contribution in [0.15, 0.2) is 48.0 Å². The van der Waals surface area contributed by atoms with Crippen LogP contribution in [0, 0.1) is 17.0 Å². The number of rotatable bonds is 4. The topological polar surface area (TPSA) is 98.0 Å². The van der Waals surface area contributed by atoms with Crippen molar-refractivity contribution >= 4 is 28.1 Å². The van der Waals surface area contributed by atoms with E-state index in [0.717, 1.165) is 0 Å². The number of carbonyl (C=O) groups excluding carboxylic acids is 1. The van der Waals surface area contributed by atoms with Gasteiger partial charge in [-0.1, -0.05) is 18.2 Å². The summed E-state index contributed by atoms with van der Waals surface area (Å²) in [5.41, 5.74) is 2.11. The molecule has 7 nitrogen and oxygen atoms in total. The third-order valence-electron chi connectivity index (χ3n) is 3.32. The summed E-state index contributed by atoms with van der Waals surface area (Å²) < 4.78 is 0. The maximum absolute atomic E-state index is 12.1. The molecule has 0 bridgehead atoms. The highest BCUT2D eigenvalue weighted by Gasteiger charge is 2.15. The van der Waals surface area contributed by atoms with Gasteiger partial charge in [0.1, 0.15) is 5.69 Å². The monoisotopic (exact) mass is 340 g/mol. The van der Waals surface area contributed by atoms with E-state index in [-0.39, 0.29) is 11.6 Å². The van der Waals surface area contributed by atoms with Crippen molar-refractivity contribution in [1.29, 1.82) is 0 Å². The fourth-order valence-electron chi connectivity index (χ4n) is 2.09. The Balaban J connectivity index is 1.82. The van der Waals surface area contributed by atoms with Crippen molar-refractivity contribution in [3.05, 3.63) is 69.3 Å². The summed E-state index contributed by atoms with van der Waals surface area (Å²) in [5.74, 6) is -0.355. The lowest BCUT2D eigenvalue weighted by atomic mass is 10.1. The Hall–Kier alpha value is -3.13. The molecule has 0 atom stereocenters. The lowest BCUT2D eigenvalue weighted by molar-refractivity contribution is -0.385. The molecule has 120 valence electrons. The van der Waals surface area contributed by atoms with Crippen LogP contribution < -0.4 is 5.32 Å². The van der Waals surface area contributed by atoms with Gasteiger partial charge in [-0.3, -0.25) is 25.2 Å². The van der Waals surface area contributed by atoms with Crippen molar-refractivity contribution in [2.75, 3.05) is 5.32 Å². The van der Waals surface area contributed by atoms with E-state index in [1.807, 2.05) is 0 Å². The molecule has 2 heterocycles. The van der Waals surface area contributed by atoms with Crippen LogP contribution in [0.2, 0.25) is 0 Å². The molecule has 0 radical (unpaired) electrons. The first-order valence-corrected chi connectivity index (χ1v) is 7.86. The van der Waals surface area contributed by atoms with E-state index in [1.165, 1.54) is 23.6 Å². The minimum absolute atomic E-state index is 0.0413. The molecular weight excluding hydrogens is 328 g/mol. The van der Waals surface area contributed by atoms with E-state index >= 15 is 0 Å². The van der Waals surface area contributed by atoms with Gasteiger partial charge in [0.25, 0.3) is 11.6 Å². The van der Waals surface area contributed by atoms with Crippen molar-refractivity contribution in [3.8, 4) is 11.3 Å². The number of benzene rings is 1. The molecule has 0 saturated heterocycles. The number of nitro benzene ring substituents is 1. The summed E-state index contributed by atoms with van der Waals surface area (Å²) >= 11 is 1.25. The predicted octanol–water partition coefficient (Wildman–Crippen LogP) is 3.67. The lowest BCUT2D eigenvalue weighted by Gasteiger charge is -2.01. The molecule has 0 aliphatic heterocycles. The Morgan fingerprint density at radius 1 is 1.29 bits per heavy atom. The van der Waals surface area contributed by atoms with Crippen molar-refractivity contribution in [3.63, 3.8) is 0 Å². The van der Waals surface area contributed by atoms with Crippen molar-refractivity contribution in [2.45, 2.75) is 6.92 Å². The molecule has 0 fully saturated rings. The van der Waals surface area contributed by atoms with Gasteiger partial charge in [0, 0.05) is 28.8 Å². The maximum Gasteiger partial charge on any atom is 0.276 e. The number of aryl methyl sites for hydroxylation is 1. The van der Waals surface area contributed by atoms with Crippen molar-refractivity contribution < 1.29 is 9.72 Å². The van der Waals surface area contributed by atoms with Gasteiger partial charge in [0.15, 0.2) is 5.13 Å². The van der Waals surface area contributed by atoms with Crippen molar-refractivity contribution in [1.82, 2.24) is 9.97 Å². The van der Waals surface area contributed by atoms with Crippen LogP contribution in [0.1, 0.15) is 16.1 Å². The number of hydrogen-bond acceptors (Lipinski definition) is 6. The van der Waals surface area contributed by atoms with E-state index in [0.29, 0.717) is 27.6 Å². The number of nitrogens with one attached hydrogen (secondary N) is 1. The fraction of sp³-hybridized carbons (Fsp3) is 0.0625. The Morgan fingerprint density at radius 2 is 2.12 bits per heavy atom. The minimum Gasteiger partial charge on any atom is -0.296 e. The molecule has 3 aromatic rings. The molecule has 1 amide bonds. The number of carbonyl (C=O) groups is 1. The highest BCUT2D eigenvalue weighted by atomic mass is 32.1. The third kappa shape index (κ3) is 3.28. The molecular formula is C16H12N4O3S. The van der Waals surface area contributed by atoms with Crippen LogP contribution in [-0.2, 0) is 0 Å². The fourth-order valence-corrected chi connectivity index (χ4v) is 2.80. The second kappa shape index (κ2) is 6.55. The summed E-state index contributed by atoms with van der Waals surface area (Å²) in [5, 5.41) is 15.9. The molecule has 8 heteroatoms. The molecule has 0 spiro atoms. The standard InChI is InChI=1S/C16H12N4O3S/c1-10-5-6-11(8-14(10)20(22)23)13-9-24-16(18-13)19-15(21)12-4-2-3-7-17-12/h2-9H,1H3,(H,18,19,21). The van der Waals surface area contributed by atoms with E-state index in [4.69, 9.17) is 0 Å². The SMILES string of the molecule is Cc1ccc(-c2csc(NC(=O)c3ccccn3)n2)cc1[N+](=O)[O-]. The van der Waals surface area contributed by atoms with Crippen LogP contribution in [0.3, 0.4) is 0 Å². The van der Waals surface area contributed by atoms with E-state index in [9.17, 15) is 14.9 Å². The molecule has 0 saturated carbocycles. The van der Waals surface area contributed by atoms with Crippen LogP contribution in [0.5, 0.6) is 0 Å². The molecule has 2 aromatic heterocycles. The van der Waals surface area contributed by atoms with Gasteiger partial charge in [0.05, 0.1) is 10.6 Å². The quantitative estimate of drug-likeness (QED) is 0.577. The zero-order valence-corrected chi connectivity index (χ0v) is 13.4. The highest BCUT2D eigenvalue weighted by molar-refractivity contribution is 7.14. The number of aromatic nitrogens is 2. The predicted molar refractivity (Wildman–Crippen MR) is 91.1 cm³/mol. The van der Waals surface area contributed by atoms with E-state index < -0.39 is 4.92 Å². The van der Waals surface area contributed by atoms with Crippen molar-refractivity contribution in [2.24, 2.45) is 0 Å². The summed E-state index contributed by atoms with van der Waals surface area (Å²) in [6, 6.07) is 9.98. The molecule has 3 rings (SSSR count). The second-order valence-electron chi connectivity index (χ2n) is 4.97. The average Bonchev–Trinajstić information content (AvgIpc) is 3.04. The van der Waals surface area contributed by atoms with Crippen LogP contribution in [0.4, 0.5) is 10.8 Å². The first-order valence-electron chi connectivity index (χ1n) is 6.98. The number of nitro groups is 1. The van der Waals surface area contributed by atoms with Gasteiger partial charge in [-0.05, 0) is 19.1 Å². The first-order chi connectivity index (χ1) is 11.5. The van der Waals surface area contributed by atoms with Gasteiger partial charge in [-0.15, -0.1) is 11.3 Å². The average molecular weight is 340 g/mol. The van der Waals surface area contributed by atoms with Gasteiger partial charge < -0.3 is 0 Å². The number of amides is 1. The second-order valence-corrected chi connectivity index (χ2v) is 5.82.